The predicted molar refractivity (Wildman–Crippen MR) is 59.3 cm³/mol. The number of benzene rings is 1. The van der Waals surface area contributed by atoms with E-state index < -0.39 is 23.3 Å². The molecular formula is C12H13F2NO3. The molecule has 1 saturated heterocycles. The zero-order valence-electron chi connectivity index (χ0n) is 9.82. The van der Waals surface area contributed by atoms with E-state index in [1.807, 2.05) is 0 Å². The Kier molecular flexibility index (Phi) is 3.21. The van der Waals surface area contributed by atoms with Crippen LogP contribution in [0.25, 0.3) is 0 Å². The smallest absolute Gasteiger partial charge is 0.407 e. The third kappa shape index (κ3) is 2.03. The number of carboxylic acid groups (broad SMARTS) is 1. The molecule has 98 valence electrons. The summed E-state index contributed by atoms with van der Waals surface area (Å²) in [5, 5.41) is 8.92. The van der Waals surface area contributed by atoms with Crippen LogP contribution in [0.3, 0.4) is 0 Å². The highest BCUT2D eigenvalue weighted by atomic mass is 19.2. The Morgan fingerprint density at radius 3 is 2.67 bits per heavy atom. The Labute approximate surface area is 103 Å². The first-order valence-corrected chi connectivity index (χ1v) is 5.47. The van der Waals surface area contributed by atoms with Gasteiger partial charge in [0, 0.05) is 20.1 Å². The minimum atomic E-state index is -1.04. The summed E-state index contributed by atoms with van der Waals surface area (Å²) in [5.74, 6) is -1.89. The Morgan fingerprint density at radius 2 is 2.17 bits per heavy atom. The summed E-state index contributed by atoms with van der Waals surface area (Å²) in [7, 11) is 1.44. The van der Waals surface area contributed by atoms with Gasteiger partial charge < -0.3 is 14.7 Å². The van der Waals surface area contributed by atoms with Crippen LogP contribution in [0, 0.1) is 11.6 Å². The van der Waals surface area contributed by atoms with E-state index in [9.17, 15) is 13.6 Å². The molecule has 0 aromatic heterocycles. The van der Waals surface area contributed by atoms with Crippen LogP contribution in [0.5, 0.6) is 0 Å². The normalized spacial score (nSPS) is 23.4. The van der Waals surface area contributed by atoms with Crippen molar-refractivity contribution in [3.8, 4) is 0 Å². The molecule has 1 aliphatic heterocycles. The summed E-state index contributed by atoms with van der Waals surface area (Å²) in [5.41, 5.74) is -0.444. The minimum Gasteiger partial charge on any atom is -0.465 e. The maximum Gasteiger partial charge on any atom is 0.407 e. The van der Waals surface area contributed by atoms with Crippen molar-refractivity contribution in [2.75, 3.05) is 20.2 Å². The molecular weight excluding hydrogens is 244 g/mol. The third-order valence-corrected chi connectivity index (χ3v) is 3.34. The molecule has 1 fully saturated rings. The van der Waals surface area contributed by atoms with Crippen molar-refractivity contribution in [1.82, 2.24) is 4.90 Å². The average Bonchev–Trinajstić information content (AvgIpc) is 2.78. The van der Waals surface area contributed by atoms with Crippen LogP contribution in [0.4, 0.5) is 13.6 Å². The first-order valence-electron chi connectivity index (χ1n) is 5.47. The minimum absolute atomic E-state index is 0.115. The van der Waals surface area contributed by atoms with Crippen molar-refractivity contribution in [1.29, 1.82) is 0 Å². The fraction of sp³-hybridized carbons (Fsp3) is 0.417. The van der Waals surface area contributed by atoms with Gasteiger partial charge in [-0.25, -0.2) is 13.6 Å². The van der Waals surface area contributed by atoms with Gasteiger partial charge in [-0.05, 0) is 17.7 Å². The van der Waals surface area contributed by atoms with E-state index >= 15 is 0 Å². The summed E-state index contributed by atoms with van der Waals surface area (Å²) in [6.45, 7) is 0.423. The second kappa shape index (κ2) is 4.53. The molecule has 1 aromatic carbocycles. The van der Waals surface area contributed by atoms with Gasteiger partial charge in [0.1, 0.15) is 5.60 Å². The van der Waals surface area contributed by atoms with Crippen molar-refractivity contribution in [2.45, 2.75) is 12.0 Å². The van der Waals surface area contributed by atoms with Crippen LogP contribution in [-0.2, 0) is 10.3 Å². The molecule has 18 heavy (non-hydrogen) atoms. The van der Waals surface area contributed by atoms with Crippen LogP contribution in [0.1, 0.15) is 12.0 Å². The number of methoxy groups -OCH3 is 1. The first-order chi connectivity index (χ1) is 8.48. The number of ether oxygens (including phenoxy) is 1. The van der Waals surface area contributed by atoms with Crippen LogP contribution in [-0.4, -0.2) is 36.3 Å². The number of likely N-dealkylation sites (tertiary alicyclic amines) is 1. The van der Waals surface area contributed by atoms with Crippen molar-refractivity contribution in [3.63, 3.8) is 0 Å². The maximum atomic E-state index is 13.2. The van der Waals surface area contributed by atoms with Crippen molar-refractivity contribution >= 4 is 6.09 Å². The molecule has 0 saturated carbocycles. The molecule has 1 amide bonds. The molecule has 0 spiro atoms. The Hall–Kier alpha value is -1.69. The number of amides is 1. The fourth-order valence-corrected chi connectivity index (χ4v) is 2.24. The first kappa shape index (κ1) is 12.8. The lowest BCUT2D eigenvalue weighted by Crippen LogP contribution is -2.35. The number of carbonyl (C=O) groups is 1. The van der Waals surface area contributed by atoms with E-state index in [4.69, 9.17) is 9.84 Å². The molecule has 6 heteroatoms. The molecule has 4 nitrogen and oxygen atoms in total. The maximum absolute atomic E-state index is 13.2. The van der Waals surface area contributed by atoms with E-state index in [0.29, 0.717) is 18.5 Å². The van der Waals surface area contributed by atoms with Crippen molar-refractivity contribution in [2.24, 2.45) is 0 Å². The van der Waals surface area contributed by atoms with E-state index in [0.717, 1.165) is 12.1 Å². The van der Waals surface area contributed by atoms with E-state index in [2.05, 4.69) is 0 Å². The molecule has 1 N–H and O–H groups in total. The lowest BCUT2D eigenvalue weighted by atomic mass is 9.92. The second-order valence-electron chi connectivity index (χ2n) is 4.28. The summed E-state index contributed by atoms with van der Waals surface area (Å²) in [6, 6.07) is 3.51. The molecule has 1 aliphatic rings. The molecule has 2 rings (SSSR count). The standard InChI is InChI=1S/C12H13F2NO3/c1-18-12(4-5-15(7-12)11(16)17)8-2-3-9(13)10(14)6-8/h2-3,6H,4-5,7H2,1H3,(H,16,17). The summed E-state index contributed by atoms with van der Waals surface area (Å²) in [4.78, 5) is 12.1. The zero-order chi connectivity index (χ0) is 13.3. The molecule has 1 atom stereocenters. The third-order valence-electron chi connectivity index (χ3n) is 3.34. The number of hydrogen-bond donors (Lipinski definition) is 1. The summed E-state index contributed by atoms with van der Waals surface area (Å²) >= 11 is 0. The van der Waals surface area contributed by atoms with E-state index in [1.165, 1.54) is 18.1 Å². The highest BCUT2D eigenvalue weighted by molar-refractivity contribution is 5.65. The van der Waals surface area contributed by atoms with Gasteiger partial charge in [-0.2, -0.15) is 0 Å². The van der Waals surface area contributed by atoms with E-state index in [1.54, 1.807) is 0 Å². The molecule has 1 aromatic rings. The Balaban J connectivity index is 2.33. The molecule has 1 unspecified atom stereocenters. The van der Waals surface area contributed by atoms with Gasteiger partial charge in [0.25, 0.3) is 0 Å². The highest BCUT2D eigenvalue weighted by Gasteiger charge is 2.42. The van der Waals surface area contributed by atoms with Crippen molar-refractivity contribution < 1.29 is 23.4 Å². The summed E-state index contributed by atoms with van der Waals surface area (Å²) < 4.78 is 31.5. The largest absolute Gasteiger partial charge is 0.465 e. The molecule has 0 aliphatic carbocycles. The number of hydrogen-bond acceptors (Lipinski definition) is 2. The van der Waals surface area contributed by atoms with Gasteiger partial charge in [0.15, 0.2) is 11.6 Å². The second-order valence-corrected chi connectivity index (χ2v) is 4.28. The SMILES string of the molecule is COC1(c2ccc(F)c(F)c2)CCN(C(=O)O)C1. The number of halogens is 2. The molecule has 0 bridgehead atoms. The van der Waals surface area contributed by atoms with Gasteiger partial charge in [-0.15, -0.1) is 0 Å². The van der Waals surface area contributed by atoms with Crippen molar-refractivity contribution in [3.05, 3.63) is 35.4 Å². The predicted octanol–water partition coefficient (Wildman–Crippen LogP) is 2.19. The molecule has 1 heterocycles. The fourth-order valence-electron chi connectivity index (χ4n) is 2.24. The average molecular weight is 257 g/mol. The quantitative estimate of drug-likeness (QED) is 0.883. The van der Waals surface area contributed by atoms with Gasteiger partial charge in [-0.1, -0.05) is 6.07 Å². The monoisotopic (exact) mass is 257 g/mol. The zero-order valence-corrected chi connectivity index (χ0v) is 9.82. The van der Waals surface area contributed by atoms with Gasteiger partial charge >= 0.3 is 6.09 Å². The Bertz CT molecular complexity index is 480. The highest BCUT2D eigenvalue weighted by Crippen LogP contribution is 2.35. The van der Waals surface area contributed by atoms with Gasteiger partial charge in [-0.3, -0.25) is 0 Å². The van der Waals surface area contributed by atoms with Crippen LogP contribution in [0.15, 0.2) is 18.2 Å². The van der Waals surface area contributed by atoms with Crippen LogP contribution < -0.4 is 0 Å². The number of rotatable bonds is 2. The molecule has 0 radical (unpaired) electrons. The van der Waals surface area contributed by atoms with Crippen LogP contribution >= 0.6 is 0 Å². The lowest BCUT2D eigenvalue weighted by molar-refractivity contribution is -0.00512. The van der Waals surface area contributed by atoms with Gasteiger partial charge in [0.05, 0.1) is 6.54 Å². The lowest BCUT2D eigenvalue weighted by Gasteiger charge is -2.28. The number of nitrogens with zero attached hydrogens (tertiary/aromatic N) is 1. The summed E-state index contributed by atoms with van der Waals surface area (Å²) in [6.07, 6.45) is -0.627. The Morgan fingerprint density at radius 1 is 1.44 bits per heavy atom. The topological polar surface area (TPSA) is 49.8 Å². The van der Waals surface area contributed by atoms with Gasteiger partial charge in [0.2, 0.25) is 0 Å². The van der Waals surface area contributed by atoms with Crippen LogP contribution in [0.2, 0.25) is 0 Å². The van der Waals surface area contributed by atoms with E-state index in [-0.39, 0.29) is 6.54 Å².